The molecule has 0 amide bonds. The summed E-state index contributed by atoms with van der Waals surface area (Å²) in [4.78, 5) is 16.2. The molecule has 0 aliphatic carbocycles. The van der Waals surface area contributed by atoms with E-state index < -0.39 is 5.97 Å². The van der Waals surface area contributed by atoms with Crippen LogP contribution in [-0.4, -0.2) is 37.4 Å². The lowest BCUT2D eigenvalue weighted by molar-refractivity contribution is 0.0521. The Morgan fingerprint density at radius 2 is 2.10 bits per heavy atom. The third-order valence-electron chi connectivity index (χ3n) is 3.15. The van der Waals surface area contributed by atoms with Crippen molar-refractivity contribution in [1.82, 2.24) is 4.98 Å². The number of pyridine rings is 1. The number of rotatable bonds is 5. The Morgan fingerprint density at radius 1 is 1.33 bits per heavy atom. The zero-order chi connectivity index (χ0) is 15.1. The molecule has 114 valence electrons. The highest BCUT2D eigenvalue weighted by atomic mass is 16.5. The Kier molecular flexibility index (Phi) is 5.75. The number of aromatic nitrogens is 1. The van der Waals surface area contributed by atoms with E-state index in [1.807, 2.05) is 6.92 Å². The Labute approximate surface area is 124 Å². The monoisotopic (exact) mass is 291 g/mol. The lowest BCUT2D eigenvalue weighted by atomic mass is 10.0. The van der Waals surface area contributed by atoms with Crippen LogP contribution in [0.4, 0.5) is 0 Å². The molecule has 1 aliphatic heterocycles. The van der Waals surface area contributed by atoms with Crippen molar-refractivity contribution in [2.45, 2.75) is 26.7 Å². The second kappa shape index (κ2) is 7.78. The van der Waals surface area contributed by atoms with Crippen LogP contribution in [0.2, 0.25) is 0 Å². The summed E-state index contributed by atoms with van der Waals surface area (Å²) >= 11 is 0. The van der Waals surface area contributed by atoms with Crippen molar-refractivity contribution in [3.63, 3.8) is 0 Å². The zero-order valence-electron chi connectivity index (χ0n) is 12.6. The maximum Gasteiger partial charge on any atom is 0.343 e. The maximum atomic E-state index is 12.0. The minimum Gasteiger partial charge on any atom is -0.477 e. The van der Waals surface area contributed by atoms with Crippen LogP contribution < -0.4 is 4.74 Å². The lowest BCUT2D eigenvalue weighted by Gasteiger charge is -2.15. The van der Waals surface area contributed by atoms with Crippen LogP contribution in [0.3, 0.4) is 0 Å². The average Bonchev–Trinajstić information content (AvgIpc) is 2.50. The first-order valence-corrected chi connectivity index (χ1v) is 7.31. The van der Waals surface area contributed by atoms with Crippen molar-refractivity contribution < 1.29 is 19.0 Å². The van der Waals surface area contributed by atoms with Gasteiger partial charge in [-0.15, -0.1) is 0 Å². The molecule has 0 atom stereocenters. The van der Waals surface area contributed by atoms with Gasteiger partial charge in [-0.2, -0.15) is 0 Å². The Morgan fingerprint density at radius 3 is 2.76 bits per heavy atom. The first kappa shape index (κ1) is 15.5. The van der Waals surface area contributed by atoms with E-state index in [1.165, 1.54) is 5.57 Å². The number of hydrogen-bond donors (Lipinski definition) is 0. The molecule has 2 rings (SSSR count). The summed E-state index contributed by atoms with van der Waals surface area (Å²) in [5, 5.41) is 0. The fourth-order valence-corrected chi connectivity index (χ4v) is 2.17. The summed E-state index contributed by atoms with van der Waals surface area (Å²) in [7, 11) is 0. The van der Waals surface area contributed by atoms with Gasteiger partial charge in [0.2, 0.25) is 5.88 Å². The summed E-state index contributed by atoms with van der Waals surface area (Å²) in [6.07, 6.45) is 5.62. The second-order valence-electron chi connectivity index (χ2n) is 4.69. The van der Waals surface area contributed by atoms with Crippen LogP contribution >= 0.6 is 0 Å². The highest BCUT2D eigenvalue weighted by Gasteiger charge is 2.16. The summed E-state index contributed by atoms with van der Waals surface area (Å²) in [6, 6.07) is 1.78. The standard InChI is InChI=1S/C16H21NO4/c1-3-20-15-14(16(18)21-4-2)10-13(11-17-15)9-12-5-7-19-8-6-12/h9-11H,3-8H2,1-2H3. The van der Waals surface area contributed by atoms with Crippen molar-refractivity contribution in [3.05, 3.63) is 29.0 Å². The van der Waals surface area contributed by atoms with Gasteiger partial charge >= 0.3 is 5.97 Å². The minimum atomic E-state index is -0.402. The fourth-order valence-electron chi connectivity index (χ4n) is 2.17. The number of hydrogen-bond acceptors (Lipinski definition) is 5. The normalized spacial score (nSPS) is 14.7. The van der Waals surface area contributed by atoms with E-state index in [9.17, 15) is 4.79 Å². The summed E-state index contributed by atoms with van der Waals surface area (Å²) in [5.41, 5.74) is 2.57. The van der Waals surface area contributed by atoms with Crippen LogP contribution in [0.25, 0.3) is 6.08 Å². The molecule has 1 aromatic heterocycles. The molecule has 1 fully saturated rings. The Hall–Kier alpha value is -1.88. The van der Waals surface area contributed by atoms with Crippen LogP contribution in [-0.2, 0) is 9.47 Å². The van der Waals surface area contributed by atoms with E-state index in [0.29, 0.717) is 24.7 Å². The van der Waals surface area contributed by atoms with Gasteiger partial charge in [0.05, 0.1) is 26.4 Å². The molecule has 0 spiro atoms. The van der Waals surface area contributed by atoms with Crippen molar-refractivity contribution in [1.29, 1.82) is 0 Å². The van der Waals surface area contributed by atoms with Gasteiger partial charge in [0, 0.05) is 6.20 Å². The van der Waals surface area contributed by atoms with Crippen molar-refractivity contribution in [2.24, 2.45) is 0 Å². The van der Waals surface area contributed by atoms with Gasteiger partial charge < -0.3 is 14.2 Å². The summed E-state index contributed by atoms with van der Waals surface area (Å²) < 4.78 is 15.8. The summed E-state index contributed by atoms with van der Waals surface area (Å²) in [6.45, 7) is 5.92. The predicted molar refractivity (Wildman–Crippen MR) is 79.4 cm³/mol. The first-order valence-electron chi connectivity index (χ1n) is 7.31. The molecule has 0 N–H and O–H groups in total. The number of carbonyl (C=O) groups is 1. The first-order chi connectivity index (χ1) is 10.2. The molecular formula is C16H21NO4. The molecule has 1 saturated heterocycles. The van der Waals surface area contributed by atoms with Gasteiger partial charge in [0.15, 0.2) is 0 Å². The van der Waals surface area contributed by atoms with Gasteiger partial charge in [-0.05, 0) is 38.3 Å². The zero-order valence-corrected chi connectivity index (χ0v) is 12.6. The number of ether oxygens (including phenoxy) is 3. The molecule has 0 radical (unpaired) electrons. The quantitative estimate of drug-likeness (QED) is 0.781. The molecule has 5 nitrogen and oxygen atoms in total. The lowest BCUT2D eigenvalue weighted by Crippen LogP contribution is -2.10. The van der Waals surface area contributed by atoms with Gasteiger partial charge in [-0.3, -0.25) is 0 Å². The molecule has 21 heavy (non-hydrogen) atoms. The van der Waals surface area contributed by atoms with Crippen molar-refractivity contribution in [2.75, 3.05) is 26.4 Å². The van der Waals surface area contributed by atoms with Gasteiger partial charge in [0.1, 0.15) is 5.56 Å². The maximum absolute atomic E-state index is 12.0. The van der Waals surface area contributed by atoms with Gasteiger partial charge in [0.25, 0.3) is 0 Å². The summed E-state index contributed by atoms with van der Waals surface area (Å²) in [5.74, 6) is -0.0780. The third-order valence-corrected chi connectivity index (χ3v) is 3.15. The van der Waals surface area contributed by atoms with E-state index in [-0.39, 0.29) is 0 Å². The van der Waals surface area contributed by atoms with E-state index in [4.69, 9.17) is 14.2 Å². The van der Waals surface area contributed by atoms with E-state index in [0.717, 1.165) is 31.6 Å². The Balaban J connectivity index is 2.27. The molecule has 0 bridgehead atoms. The minimum absolute atomic E-state index is 0.324. The predicted octanol–water partition coefficient (Wildman–Crippen LogP) is 2.85. The topological polar surface area (TPSA) is 57.7 Å². The van der Waals surface area contributed by atoms with Crippen LogP contribution in [0.1, 0.15) is 42.6 Å². The Bertz CT molecular complexity index is 517. The highest BCUT2D eigenvalue weighted by Crippen LogP contribution is 2.22. The van der Waals surface area contributed by atoms with Gasteiger partial charge in [-0.1, -0.05) is 11.6 Å². The third kappa shape index (κ3) is 4.29. The van der Waals surface area contributed by atoms with Crippen LogP contribution in [0.5, 0.6) is 5.88 Å². The fraction of sp³-hybridized carbons (Fsp3) is 0.500. The molecule has 1 aromatic rings. The molecule has 2 heterocycles. The van der Waals surface area contributed by atoms with E-state index in [2.05, 4.69) is 11.1 Å². The van der Waals surface area contributed by atoms with Crippen molar-refractivity contribution in [3.8, 4) is 5.88 Å². The molecule has 0 unspecified atom stereocenters. The average molecular weight is 291 g/mol. The molecular weight excluding hydrogens is 270 g/mol. The van der Waals surface area contributed by atoms with Crippen LogP contribution in [0.15, 0.2) is 17.8 Å². The van der Waals surface area contributed by atoms with Crippen LogP contribution in [0, 0.1) is 0 Å². The molecule has 1 aliphatic rings. The SMILES string of the molecule is CCOC(=O)c1cc(C=C2CCOCC2)cnc1OCC. The number of esters is 1. The van der Waals surface area contributed by atoms with Crippen molar-refractivity contribution >= 4 is 12.0 Å². The molecule has 0 saturated carbocycles. The largest absolute Gasteiger partial charge is 0.477 e. The van der Waals surface area contributed by atoms with E-state index >= 15 is 0 Å². The van der Waals surface area contributed by atoms with E-state index in [1.54, 1.807) is 19.2 Å². The number of carbonyl (C=O) groups excluding carboxylic acids is 1. The highest BCUT2D eigenvalue weighted by molar-refractivity contribution is 5.92. The molecule has 0 aromatic carbocycles. The molecule has 5 heteroatoms. The smallest absolute Gasteiger partial charge is 0.343 e. The number of nitrogens with zero attached hydrogens (tertiary/aromatic N) is 1. The second-order valence-corrected chi connectivity index (χ2v) is 4.69. The van der Waals surface area contributed by atoms with Gasteiger partial charge in [-0.25, -0.2) is 9.78 Å².